The molecule has 0 bridgehead atoms. The molecule has 1 saturated heterocycles. The molecule has 1 N–H and O–H groups in total. The fraction of sp³-hybridized carbons (Fsp3) is 0.727. The Balaban J connectivity index is 2.21. The highest BCUT2D eigenvalue weighted by Crippen LogP contribution is 2.35. The van der Waals surface area contributed by atoms with Crippen LogP contribution in [0.5, 0.6) is 0 Å². The summed E-state index contributed by atoms with van der Waals surface area (Å²) in [6.45, 7) is 2.59. The molecule has 2 heterocycles. The number of rotatable bonds is 5. The van der Waals surface area contributed by atoms with Crippen LogP contribution in [0.1, 0.15) is 11.9 Å². The van der Waals surface area contributed by atoms with Gasteiger partial charge < -0.3 is 9.64 Å². The lowest BCUT2D eigenvalue weighted by Gasteiger charge is -2.24. The number of carbonyl (C=O) groups is 1. The fourth-order valence-corrected chi connectivity index (χ4v) is 2.89. The van der Waals surface area contributed by atoms with Crippen LogP contribution in [-0.4, -0.2) is 60.6 Å². The van der Waals surface area contributed by atoms with Gasteiger partial charge in [-0.1, -0.05) is 11.3 Å². The van der Waals surface area contributed by atoms with Crippen LogP contribution in [0.25, 0.3) is 0 Å². The van der Waals surface area contributed by atoms with E-state index in [2.05, 4.69) is 15.5 Å². The molecule has 1 aliphatic rings. The van der Waals surface area contributed by atoms with Gasteiger partial charge in [0, 0.05) is 20.2 Å². The Morgan fingerprint density at radius 1 is 1.50 bits per heavy atom. The SMILES string of the molecule is COCC(C)NC1CN(C)C(=O)N1c1nnc(C(F)(F)F)s1. The maximum absolute atomic E-state index is 12.6. The van der Waals surface area contributed by atoms with E-state index in [0.29, 0.717) is 24.5 Å². The molecule has 2 unspecified atom stereocenters. The molecule has 0 radical (unpaired) electrons. The van der Waals surface area contributed by atoms with E-state index < -0.39 is 23.4 Å². The van der Waals surface area contributed by atoms with Gasteiger partial charge in [-0.3, -0.25) is 10.2 Å². The number of aromatic nitrogens is 2. The molecular formula is C11H16F3N5O2S. The number of urea groups is 1. The van der Waals surface area contributed by atoms with Crippen LogP contribution < -0.4 is 10.2 Å². The molecule has 2 atom stereocenters. The van der Waals surface area contributed by atoms with Gasteiger partial charge in [0.15, 0.2) is 0 Å². The average molecular weight is 339 g/mol. The number of ether oxygens (including phenoxy) is 1. The first-order chi connectivity index (χ1) is 10.2. The van der Waals surface area contributed by atoms with E-state index in [9.17, 15) is 18.0 Å². The molecule has 0 saturated carbocycles. The Kier molecular flexibility index (Phi) is 4.87. The molecule has 1 aromatic rings. The molecule has 1 fully saturated rings. The third-order valence-electron chi connectivity index (χ3n) is 3.05. The highest BCUT2D eigenvalue weighted by molar-refractivity contribution is 7.15. The first kappa shape index (κ1) is 16.9. The second kappa shape index (κ2) is 6.34. The van der Waals surface area contributed by atoms with E-state index in [1.807, 2.05) is 6.92 Å². The van der Waals surface area contributed by atoms with Gasteiger partial charge in [0.25, 0.3) is 0 Å². The summed E-state index contributed by atoms with van der Waals surface area (Å²) < 4.78 is 42.9. The smallest absolute Gasteiger partial charge is 0.383 e. The first-order valence-electron chi connectivity index (χ1n) is 6.44. The monoisotopic (exact) mass is 339 g/mol. The highest BCUT2D eigenvalue weighted by atomic mass is 32.1. The molecule has 124 valence electrons. The van der Waals surface area contributed by atoms with Crippen molar-refractivity contribution in [1.82, 2.24) is 20.4 Å². The Morgan fingerprint density at radius 2 is 2.18 bits per heavy atom. The van der Waals surface area contributed by atoms with Crippen molar-refractivity contribution < 1.29 is 22.7 Å². The zero-order chi connectivity index (χ0) is 16.5. The number of hydrogen-bond acceptors (Lipinski definition) is 6. The predicted molar refractivity (Wildman–Crippen MR) is 73.7 cm³/mol. The van der Waals surface area contributed by atoms with Crippen LogP contribution in [0.2, 0.25) is 0 Å². The fourth-order valence-electron chi connectivity index (χ4n) is 2.13. The molecule has 0 aromatic carbocycles. The molecule has 22 heavy (non-hydrogen) atoms. The number of likely N-dealkylation sites (N-methyl/N-ethyl adjacent to an activating group) is 1. The zero-order valence-electron chi connectivity index (χ0n) is 12.2. The minimum Gasteiger partial charge on any atom is -0.383 e. The summed E-state index contributed by atoms with van der Waals surface area (Å²) in [5.41, 5.74) is 0. The summed E-state index contributed by atoms with van der Waals surface area (Å²) in [4.78, 5) is 14.8. The number of amides is 2. The second-order valence-corrected chi connectivity index (χ2v) is 5.92. The molecular weight excluding hydrogens is 323 g/mol. The molecule has 11 heteroatoms. The average Bonchev–Trinajstić information content (AvgIpc) is 2.96. The summed E-state index contributed by atoms with van der Waals surface area (Å²) in [6, 6.07) is -0.501. The lowest BCUT2D eigenvalue weighted by Crippen LogP contribution is -2.49. The number of halogens is 3. The van der Waals surface area contributed by atoms with Crippen LogP contribution in [0.4, 0.5) is 23.1 Å². The van der Waals surface area contributed by atoms with Crippen LogP contribution in [0.15, 0.2) is 0 Å². The maximum atomic E-state index is 12.6. The van der Waals surface area contributed by atoms with Crippen LogP contribution in [0, 0.1) is 0 Å². The van der Waals surface area contributed by atoms with E-state index in [4.69, 9.17) is 4.74 Å². The zero-order valence-corrected chi connectivity index (χ0v) is 13.0. The molecule has 0 aliphatic carbocycles. The van der Waals surface area contributed by atoms with E-state index in [1.54, 1.807) is 14.2 Å². The highest BCUT2D eigenvalue weighted by Gasteiger charge is 2.42. The number of anilines is 1. The van der Waals surface area contributed by atoms with Crippen LogP contribution >= 0.6 is 11.3 Å². The van der Waals surface area contributed by atoms with Gasteiger partial charge in [0.05, 0.1) is 13.2 Å². The number of nitrogens with one attached hydrogen (secondary N) is 1. The van der Waals surface area contributed by atoms with Crippen molar-refractivity contribution in [2.75, 3.05) is 32.2 Å². The van der Waals surface area contributed by atoms with Crippen molar-refractivity contribution in [3.8, 4) is 0 Å². The quantitative estimate of drug-likeness (QED) is 0.878. The van der Waals surface area contributed by atoms with Crippen LogP contribution in [-0.2, 0) is 10.9 Å². The lowest BCUT2D eigenvalue weighted by molar-refractivity contribution is -0.138. The molecule has 2 rings (SSSR count). The van der Waals surface area contributed by atoms with Crippen molar-refractivity contribution >= 4 is 22.5 Å². The summed E-state index contributed by atoms with van der Waals surface area (Å²) >= 11 is 0.347. The third-order valence-corrected chi connectivity index (χ3v) is 4.01. The van der Waals surface area contributed by atoms with Gasteiger partial charge in [-0.2, -0.15) is 13.2 Å². The molecule has 2 amide bonds. The molecule has 0 spiro atoms. The standard InChI is InChI=1S/C11H16F3N5O2S/c1-6(5-21-3)15-7-4-18(2)10(20)19(7)9-17-16-8(22-9)11(12,13)14/h6-7,15H,4-5H2,1-3H3. The van der Waals surface area contributed by atoms with Gasteiger partial charge in [-0.15, -0.1) is 10.2 Å². The van der Waals surface area contributed by atoms with Gasteiger partial charge in [-0.05, 0) is 6.92 Å². The number of hydrogen-bond donors (Lipinski definition) is 1. The van der Waals surface area contributed by atoms with E-state index in [-0.39, 0.29) is 11.2 Å². The van der Waals surface area contributed by atoms with E-state index >= 15 is 0 Å². The molecule has 7 nitrogen and oxygen atoms in total. The number of carbonyl (C=O) groups excluding carboxylic acids is 1. The van der Waals surface area contributed by atoms with Gasteiger partial charge >= 0.3 is 12.2 Å². The molecule has 1 aliphatic heterocycles. The van der Waals surface area contributed by atoms with Crippen molar-refractivity contribution in [2.45, 2.75) is 25.3 Å². The minimum absolute atomic E-state index is 0.0770. The summed E-state index contributed by atoms with van der Waals surface area (Å²) in [5, 5.41) is 8.61. The Hall–Kier alpha value is -1.46. The van der Waals surface area contributed by atoms with E-state index in [0.717, 1.165) is 0 Å². The number of nitrogens with zero attached hydrogens (tertiary/aromatic N) is 4. The van der Waals surface area contributed by atoms with Gasteiger partial charge in [0.1, 0.15) is 6.17 Å². The second-order valence-electron chi connectivity index (χ2n) is 4.96. The number of alkyl halides is 3. The number of methoxy groups -OCH3 is 1. The lowest BCUT2D eigenvalue weighted by atomic mass is 10.3. The normalized spacial score (nSPS) is 20.8. The largest absolute Gasteiger partial charge is 0.445 e. The Bertz CT molecular complexity index is 538. The summed E-state index contributed by atoms with van der Waals surface area (Å²) in [5.74, 6) is 0. The van der Waals surface area contributed by atoms with Gasteiger partial charge in [-0.25, -0.2) is 4.79 Å². The maximum Gasteiger partial charge on any atom is 0.445 e. The Morgan fingerprint density at radius 3 is 2.73 bits per heavy atom. The van der Waals surface area contributed by atoms with E-state index in [1.165, 1.54) is 9.80 Å². The first-order valence-corrected chi connectivity index (χ1v) is 7.25. The van der Waals surface area contributed by atoms with Crippen molar-refractivity contribution in [3.05, 3.63) is 5.01 Å². The molecule has 1 aromatic heterocycles. The minimum atomic E-state index is -4.57. The van der Waals surface area contributed by atoms with Crippen molar-refractivity contribution in [2.24, 2.45) is 0 Å². The van der Waals surface area contributed by atoms with Crippen molar-refractivity contribution in [3.63, 3.8) is 0 Å². The summed E-state index contributed by atoms with van der Waals surface area (Å²) in [7, 11) is 3.12. The van der Waals surface area contributed by atoms with Crippen molar-refractivity contribution in [1.29, 1.82) is 0 Å². The summed E-state index contributed by atoms with van der Waals surface area (Å²) in [6.07, 6.45) is -5.06. The topological polar surface area (TPSA) is 70.6 Å². The van der Waals surface area contributed by atoms with Crippen LogP contribution in [0.3, 0.4) is 0 Å². The van der Waals surface area contributed by atoms with Gasteiger partial charge in [0.2, 0.25) is 10.1 Å². The predicted octanol–water partition coefficient (Wildman–Crippen LogP) is 1.38. The Labute approximate surface area is 129 Å². The third kappa shape index (κ3) is 3.47.